The summed E-state index contributed by atoms with van der Waals surface area (Å²) >= 11 is 0. The molecule has 114 valence electrons. The van der Waals surface area contributed by atoms with Crippen LogP contribution >= 0.6 is 0 Å². The number of methoxy groups -OCH3 is 1. The lowest BCUT2D eigenvalue weighted by atomic mass is 10.1. The second kappa shape index (κ2) is 5.21. The van der Waals surface area contributed by atoms with Gasteiger partial charge in [-0.3, -0.25) is 0 Å². The van der Waals surface area contributed by atoms with Crippen molar-refractivity contribution in [3.05, 3.63) is 24.3 Å². The van der Waals surface area contributed by atoms with Crippen molar-refractivity contribution in [2.24, 2.45) is 0 Å². The molecule has 2 heterocycles. The van der Waals surface area contributed by atoms with Gasteiger partial charge in [0.1, 0.15) is 12.2 Å². The Bertz CT molecular complexity index is 663. The highest BCUT2D eigenvalue weighted by molar-refractivity contribution is 5.77. The summed E-state index contributed by atoms with van der Waals surface area (Å²) in [6.45, 7) is -0.507. The minimum Gasteiger partial charge on any atom is -0.494 e. The first-order valence-electron chi connectivity index (χ1n) is 6.35. The van der Waals surface area contributed by atoms with Crippen LogP contribution in [0.5, 0.6) is 5.75 Å². The maximum atomic E-state index is 14.1. The van der Waals surface area contributed by atoms with E-state index in [1.807, 2.05) is 0 Å². The Kier molecular flexibility index (Phi) is 3.52. The maximum Gasteiger partial charge on any atom is 0.173 e. The minimum absolute atomic E-state index is 0.0326. The Morgan fingerprint density at radius 1 is 1.48 bits per heavy atom. The minimum atomic E-state index is -1.75. The molecule has 0 aliphatic carbocycles. The number of imidazole rings is 1. The Balaban J connectivity index is 2.03. The van der Waals surface area contributed by atoms with E-state index in [1.54, 1.807) is 0 Å². The number of fused-ring (bicyclic) bond motifs is 1. The summed E-state index contributed by atoms with van der Waals surface area (Å²) < 4.78 is 39.3. The van der Waals surface area contributed by atoms with Crippen molar-refractivity contribution in [3.63, 3.8) is 0 Å². The van der Waals surface area contributed by atoms with Crippen LogP contribution in [0.15, 0.2) is 18.5 Å². The molecule has 3 rings (SSSR count). The van der Waals surface area contributed by atoms with Gasteiger partial charge in [0, 0.05) is 12.1 Å². The number of aromatic nitrogens is 2. The topological polar surface area (TPSA) is 76.7 Å². The van der Waals surface area contributed by atoms with Gasteiger partial charge in [0.2, 0.25) is 0 Å². The molecule has 4 atom stereocenters. The van der Waals surface area contributed by atoms with Crippen LogP contribution < -0.4 is 4.74 Å². The van der Waals surface area contributed by atoms with Crippen molar-refractivity contribution in [2.75, 3.05) is 13.7 Å². The standard InChI is InChI=1S/C13H14F2N2O4/c1-20-9-3-7-8(2-6(9)14)17(5-16-7)13-11(15)12(19)10(4-18)21-13/h2-3,5,10-13,18-19H,4H2,1H3/t10-,11+,12-,13-/m1/s1. The van der Waals surface area contributed by atoms with Gasteiger partial charge in [-0.1, -0.05) is 0 Å². The summed E-state index contributed by atoms with van der Waals surface area (Å²) in [6, 6.07) is 2.55. The first-order chi connectivity index (χ1) is 10.1. The first kappa shape index (κ1) is 14.2. The summed E-state index contributed by atoms with van der Waals surface area (Å²) in [7, 11) is 1.33. The van der Waals surface area contributed by atoms with E-state index in [1.165, 1.54) is 24.1 Å². The molecule has 0 radical (unpaired) electrons. The number of halogens is 2. The molecule has 21 heavy (non-hydrogen) atoms. The molecule has 1 aliphatic heterocycles. The van der Waals surface area contributed by atoms with Crippen molar-refractivity contribution in [3.8, 4) is 5.75 Å². The zero-order valence-electron chi connectivity index (χ0n) is 11.1. The van der Waals surface area contributed by atoms with Gasteiger partial charge in [-0.05, 0) is 0 Å². The number of rotatable bonds is 3. The number of hydrogen-bond acceptors (Lipinski definition) is 5. The summed E-state index contributed by atoms with van der Waals surface area (Å²) in [5, 5.41) is 18.7. The highest BCUT2D eigenvalue weighted by atomic mass is 19.1. The predicted molar refractivity (Wildman–Crippen MR) is 68.1 cm³/mol. The van der Waals surface area contributed by atoms with Crippen molar-refractivity contribution in [2.45, 2.75) is 24.6 Å². The van der Waals surface area contributed by atoms with Crippen LogP contribution in [0.1, 0.15) is 6.23 Å². The van der Waals surface area contributed by atoms with Crippen LogP contribution in [0.3, 0.4) is 0 Å². The molecule has 1 aliphatic rings. The number of aliphatic hydroxyl groups excluding tert-OH is 2. The second-order valence-electron chi connectivity index (χ2n) is 4.81. The summed E-state index contributed by atoms with van der Waals surface area (Å²) in [5.41, 5.74) is 0.720. The number of benzene rings is 1. The molecule has 1 aromatic carbocycles. The second-order valence-corrected chi connectivity index (χ2v) is 4.81. The number of aliphatic hydroxyl groups is 2. The SMILES string of the molecule is COc1cc2ncn([C@@H]3O[C@H](CO)[C@@H](O)[C@@H]3F)c2cc1F. The van der Waals surface area contributed by atoms with Gasteiger partial charge >= 0.3 is 0 Å². The van der Waals surface area contributed by atoms with E-state index >= 15 is 0 Å². The molecule has 1 fully saturated rings. The molecular weight excluding hydrogens is 286 g/mol. The summed E-state index contributed by atoms with van der Waals surface area (Å²) in [4.78, 5) is 4.05. The summed E-state index contributed by atoms with van der Waals surface area (Å²) in [5.74, 6) is -0.579. The van der Waals surface area contributed by atoms with Crippen molar-refractivity contribution >= 4 is 11.0 Å². The average molecular weight is 300 g/mol. The van der Waals surface area contributed by atoms with E-state index in [4.69, 9.17) is 14.6 Å². The van der Waals surface area contributed by atoms with Crippen molar-refractivity contribution in [1.29, 1.82) is 0 Å². The Hall–Kier alpha value is -1.77. The molecule has 2 N–H and O–H groups in total. The third kappa shape index (κ3) is 2.15. The molecule has 0 spiro atoms. The molecule has 8 heteroatoms. The van der Waals surface area contributed by atoms with E-state index < -0.39 is 37.0 Å². The first-order valence-corrected chi connectivity index (χ1v) is 6.35. The van der Waals surface area contributed by atoms with E-state index in [0.29, 0.717) is 11.0 Å². The van der Waals surface area contributed by atoms with Gasteiger partial charge in [0.15, 0.2) is 24.0 Å². The fourth-order valence-electron chi connectivity index (χ4n) is 2.47. The molecular formula is C13H14F2N2O4. The lowest BCUT2D eigenvalue weighted by Crippen LogP contribution is -2.30. The lowest BCUT2D eigenvalue weighted by molar-refractivity contribution is -0.0457. The number of ether oxygens (including phenoxy) is 2. The molecule has 0 unspecified atom stereocenters. The van der Waals surface area contributed by atoms with Crippen molar-refractivity contribution < 1.29 is 28.5 Å². The number of alkyl halides is 1. The monoisotopic (exact) mass is 300 g/mol. The molecule has 0 saturated carbocycles. The van der Waals surface area contributed by atoms with Gasteiger partial charge in [-0.25, -0.2) is 13.8 Å². The maximum absolute atomic E-state index is 14.1. The highest BCUT2D eigenvalue weighted by Crippen LogP contribution is 2.34. The van der Waals surface area contributed by atoms with Crippen molar-refractivity contribution in [1.82, 2.24) is 9.55 Å². The average Bonchev–Trinajstić information content (AvgIpc) is 3.00. The van der Waals surface area contributed by atoms with Crippen LogP contribution in [-0.2, 0) is 4.74 Å². The zero-order chi connectivity index (χ0) is 15.1. The fourth-order valence-corrected chi connectivity index (χ4v) is 2.47. The van der Waals surface area contributed by atoms with Gasteiger partial charge in [-0.15, -0.1) is 0 Å². The number of nitrogens with zero attached hydrogens (tertiary/aromatic N) is 2. The molecule has 0 bridgehead atoms. The third-order valence-corrected chi connectivity index (χ3v) is 3.60. The largest absolute Gasteiger partial charge is 0.494 e. The van der Waals surface area contributed by atoms with Gasteiger partial charge in [-0.2, -0.15) is 0 Å². The van der Waals surface area contributed by atoms with Crippen LogP contribution in [0.2, 0.25) is 0 Å². The van der Waals surface area contributed by atoms with Gasteiger partial charge in [0.25, 0.3) is 0 Å². The van der Waals surface area contributed by atoms with Gasteiger partial charge < -0.3 is 24.3 Å². The molecule has 1 aromatic heterocycles. The van der Waals surface area contributed by atoms with E-state index in [9.17, 15) is 13.9 Å². The van der Waals surface area contributed by atoms with Crippen LogP contribution in [0.4, 0.5) is 8.78 Å². The molecule has 1 saturated heterocycles. The molecule has 0 amide bonds. The van der Waals surface area contributed by atoms with Crippen LogP contribution in [-0.4, -0.2) is 51.9 Å². The van der Waals surface area contributed by atoms with E-state index in [2.05, 4.69) is 4.98 Å². The quantitative estimate of drug-likeness (QED) is 0.875. The zero-order valence-corrected chi connectivity index (χ0v) is 11.1. The summed E-state index contributed by atoms with van der Waals surface area (Å²) in [6.07, 6.45) is -4.08. The van der Waals surface area contributed by atoms with E-state index in [-0.39, 0.29) is 5.75 Å². The van der Waals surface area contributed by atoms with Crippen LogP contribution in [0.25, 0.3) is 11.0 Å². The van der Waals surface area contributed by atoms with Gasteiger partial charge in [0.05, 0.1) is 31.1 Å². The Labute approximate surface area is 118 Å². The fraction of sp³-hybridized carbons (Fsp3) is 0.462. The number of hydrogen-bond donors (Lipinski definition) is 2. The lowest BCUT2D eigenvalue weighted by Gasteiger charge is -2.15. The smallest absolute Gasteiger partial charge is 0.173 e. The van der Waals surface area contributed by atoms with E-state index in [0.717, 1.165) is 6.07 Å². The van der Waals surface area contributed by atoms with Crippen LogP contribution in [0, 0.1) is 5.82 Å². The molecule has 2 aromatic rings. The predicted octanol–water partition coefficient (Wildman–Crippen LogP) is 0.773. The Morgan fingerprint density at radius 2 is 2.24 bits per heavy atom. The normalized spacial score (nSPS) is 29.2. The Morgan fingerprint density at radius 3 is 2.86 bits per heavy atom. The molecule has 6 nitrogen and oxygen atoms in total. The third-order valence-electron chi connectivity index (χ3n) is 3.60. The highest BCUT2D eigenvalue weighted by Gasteiger charge is 2.45.